The van der Waals surface area contributed by atoms with Crippen LogP contribution in [-0.4, -0.2) is 48.0 Å². The second-order valence-corrected chi connectivity index (χ2v) is 11.6. The molecule has 0 spiro atoms. The average molecular weight is 580 g/mol. The maximum Gasteiger partial charge on any atom is 0.420 e. The van der Waals surface area contributed by atoms with Gasteiger partial charge in [0.1, 0.15) is 22.9 Å². The number of nitrogens with zero attached hydrogens (tertiary/aromatic N) is 4. The molecule has 0 radical (unpaired) electrons. The van der Waals surface area contributed by atoms with E-state index in [1.54, 1.807) is 20.2 Å². The van der Waals surface area contributed by atoms with Crippen molar-refractivity contribution in [3.05, 3.63) is 82.5 Å². The lowest BCUT2D eigenvalue weighted by molar-refractivity contribution is -0.137. The standard InChI is InChI=1S/C26H25F4N5O4S/c1-34(2)20-11-16(15-4-3-5-17(10-15)26(28,29)30)6-7-19(20)35-21-12-18(27)23(13-22(21)39-25(35)36)40(37,38)33-24-8-9-31-14-32-24/h3-5,8-10,12-14,16,19-20H,6-7,11H2,1-2H3,(H,31,32,33)/t16-,19-,20-/m0/s1. The maximum absolute atomic E-state index is 15.2. The third-order valence-corrected chi connectivity index (χ3v) is 8.61. The Balaban J connectivity index is 1.48. The Hall–Kier alpha value is -3.78. The summed E-state index contributed by atoms with van der Waals surface area (Å²) in [5.74, 6) is -2.15. The molecule has 1 N–H and O–H groups in total. The van der Waals surface area contributed by atoms with Gasteiger partial charge in [-0.05, 0) is 57.0 Å². The van der Waals surface area contributed by atoms with Crippen LogP contribution in [0.15, 0.2) is 69.1 Å². The van der Waals surface area contributed by atoms with Crippen molar-refractivity contribution in [3.63, 3.8) is 0 Å². The molecule has 2 aromatic heterocycles. The Morgan fingerprint density at radius 3 is 2.58 bits per heavy atom. The highest BCUT2D eigenvalue weighted by molar-refractivity contribution is 7.92. The molecule has 0 aliphatic heterocycles. The summed E-state index contributed by atoms with van der Waals surface area (Å²) in [6.45, 7) is 0. The fourth-order valence-electron chi connectivity index (χ4n) is 5.36. The van der Waals surface area contributed by atoms with E-state index in [-0.39, 0.29) is 28.9 Å². The monoisotopic (exact) mass is 579 g/mol. The first kappa shape index (κ1) is 27.8. The summed E-state index contributed by atoms with van der Waals surface area (Å²) in [6.07, 6.45) is -0.706. The van der Waals surface area contributed by atoms with Crippen LogP contribution in [0.4, 0.5) is 23.4 Å². The third kappa shape index (κ3) is 5.32. The van der Waals surface area contributed by atoms with Crippen molar-refractivity contribution in [1.29, 1.82) is 0 Å². The van der Waals surface area contributed by atoms with E-state index < -0.39 is 44.3 Å². The van der Waals surface area contributed by atoms with Gasteiger partial charge in [-0.2, -0.15) is 13.2 Å². The van der Waals surface area contributed by atoms with Gasteiger partial charge in [0.05, 0.1) is 17.1 Å². The summed E-state index contributed by atoms with van der Waals surface area (Å²) in [5.41, 5.74) is -0.201. The van der Waals surface area contributed by atoms with E-state index in [0.717, 1.165) is 30.6 Å². The third-order valence-electron chi connectivity index (χ3n) is 7.24. The second-order valence-electron chi connectivity index (χ2n) is 9.92. The molecule has 1 fully saturated rings. The van der Waals surface area contributed by atoms with Crippen molar-refractivity contribution in [2.24, 2.45) is 0 Å². The van der Waals surface area contributed by atoms with E-state index in [4.69, 9.17) is 4.42 Å². The molecule has 0 amide bonds. The Kier molecular flexibility index (Phi) is 7.17. The van der Waals surface area contributed by atoms with Crippen molar-refractivity contribution in [3.8, 4) is 0 Å². The highest BCUT2D eigenvalue weighted by Crippen LogP contribution is 2.42. The Morgan fingerprint density at radius 2 is 1.90 bits per heavy atom. The van der Waals surface area contributed by atoms with Crippen LogP contribution in [0.1, 0.15) is 42.3 Å². The quantitative estimate of drug-likeness (QED) is 0.327. The maximum atomic E-state index is 15.2. The minimum Gasteiger partial charge on any atom is -0.408 e. The largest absolute Gasteiger partial charge is 0.420 e. The molecule has 2 aromatic carbocycles. The Morgan fingerprint density at radius 1 is 1.12 bits per heavy atom. The molecule has 40 heavy (non-hydrogen) atoms. The van der Waals surface area contributed by atoms with Gasteiger partial charge in [0, 0.05) is 24.4 Å². The first-order chi connectivity index (χ1) is 18.8. The number of rotatable bonds is 6. The molecule has 9 nitrogen and oxygen atoms in total. The van der Waals surface area contributed by atoms with Crippen molar-refractivity contribution in [1.82, 2.24) is 19.4 Å². The van der Waals surface area contributed by atoms with E-state index in [9.17, 15) is 26.4 Å². The summed E-state index contributed by atoms with van der Waals surface area (Å²) >= 11 is 0. The van der Waals surface area contributed by atoms with Crippen LogP contribution < -0.4 is 10.5 Å². The molecule has 212 valence electrons. The first-order valence-electron chi connectivity index (χ1n) is 12.3. The van der Waals surface area contributed by atoms with Crippen LogP contribution in [-0.2, 0) is 16.2 Å². The number of alkyl halides is 3. The van der Waals surface area contributed by atoms with Crippen molar-refractivity contribution in [2.45, 2.75) is 48.3 Å². The van der Waals surface area contributed by atoms with Gasteiger partial charge in [-0.25, -0.2) is 27.6 Å². The number of likely N-dealkylation sites (N-methyl/N-ethyl adjacent to an activating group) is 1. The van der Waals surface area contributed by atoms with Gasteiger partial charge in [-0.15, -0.1) is 0 Å². The second kappa shape index (κ2) is 10.3. The van der Waals surface area contributed by atoms with Crippen LogP contribution >= 0.6 is 0 Å². The highest BCUT2D eigenvalue weighted by atomic mass is 32.2. The highest BCUT2D eigenvalue weighted by Gasteiger charge is 2.37. The molecular weight excluding hydrogens is 554 g/mol. The first-order valence-corrected chi connectivity index (χ1v) is 13.8. The van der Waals surface area contributed by atoms with E-state index >= 15 is 4.39 Å². The smallest absolute Gasteiger partial charge is 0.408 e. The number of nitrogens with one attached hydrogen (secondary N) is 1. The van der Waals surface area contributed by atoms with Crippen LogP contribution in [0.2, 0.25) is 0 Å². The number of benzene rings is 2. The van der Waals surface area contributed by atoms with Crippen LogP contribution in [0, 0.1) is 5.82 Å². The number of aromatic nitrogens is 3. The van der Waals surface area contributed by atoms with Gasteiger partial charge in [-0.1, -0.05) is 18.2 Å². The molecule has 1 aliphatic rings. The van der Waals surface area contributed by atoms with Crippen molar-refractivity contribution >= 4 is 26.9 Å². The van der Waals surface area contributed by atoms with Crippen LogP contribution in [0.5, 0.6) is 0 Å². The van der Waals surface area contributed by atoms with Crippen molar-refractivity contribution in [2.75, 3.05) is 18.8 Å². The van der Waals surface area contributed by atoms with Crippen LogP contribution in [0.3, 0.4) is 0 Å². The molecule has 1 saturated carbocycles. The lowest BCUT2D eigenvalue weighted by atomic mass is 9.77. The Labute approximate surface area is 226 Å². The van der Waals surface area contributed by atoms with Gasteiger partial charge < -0.3 is 9.32 Å². The molecule has 0 saturated heterocycles. The average Bonchev–Trinajstić information content (AvgIpc) is 3.22. The molecule has 3 atom stereocenters. The van der Waals surface area contributed by atoms with E-state index in [2.05, 4.69) is 14.7 Å². The fourth-order valence-corrected chi connectivity index (χ4v) is 6.44. The molecule has 14 heteroatoms. The van der Waals surface area contributed by atoms with Gasteiger partial charge in [0.2, 0.25) is 0 Å². The summed E-state index contributed by atoms with van der Waals surface area (Å²) in [4.78, 5) is 21.6. The number of fused-ring (bicyclic) bond motifs is 1. The zero-order valence-corrected chi connectivity index (χ0v) is 22.2. The zero-order valence-electron chi connectivity index (χ0n) is 21.4. The lowest BCUT2D eigenvalue weighted by Crippen LogP contribution is -2.43. The van der Waals surface area contributed by atoms with Crippen molar-refractivity contribution < 1.29 is 30.4 Å². The minimum atomic E-state index is -4.46. The molecule has 4 aromatic rings. The predicted molar refractivity (Wildman–Crippen MR) is 138 cm³/mol. The molecule has 0 bridgehead atoms. The number of hydrogen-bond donors (Lipinski definition) is 1. The number of oxazole rings is 1. The summed E-state index contributed by atoms with van der Waals surface area (Å²) in [6, 6.07) is 7.62. The van der Waals surface area contributed by atoms with E-state index in [1.165, 1.54) is 22.9 Å². The topological polar surface area (TPSA) is 110 Å². The van der Waals surface area contributed by atoms with Gasteiger partial charge in [0.15, 0.2) is 5.58 Å². The summed E-state index contributed by atoms with van der Waals surface area (Å²) in [5, 5.41) is 0. The number of hydrogen-bond acceptors (Lipinski definition) is 7. The summed E-state index contributed by atoms with van der Waals surface area (Å²) in [7, 11) is -0.825. The molecule has 0 unspecified atom stereocenters. The molecule has 1 aliphatic carbocycles. The number of sulfonamides is 1. The van der Waals surface area contributed by atoms with E-state index in [0.29, 0.717) is 24.8 Å². The predicted octanol–water partition coefficient (Wildman–Crippen LogP) is 4.78. The van der Waals surface area contributed by atoms with Gasteiger partial charge in [0.25, 0.3) is 10.0 Å². The van der Waals surface area contributed by atoms with Gasteiger partial charge >= 0.3 is 11.9 Å². The fraction of sp³-hybridized carbons (Fsp3) is 0.346. The number of halogens is 4. The number of anilines is 1. The van der Waals surface area contributed by atoms with E-state index in [1.807, 2.05) is 4.90 Å². The minimum absolute atomic E-state index is 0.0696. The SMILES string of the molecule is CN(C)[C@H]1C[C@@H](c2cccc(C(F)(F)F)c2)CC[C@@H]1n1c(=O)oc2cc(S(=O)(=O)Nc3ccncn3)c(F)cc21. The van der Waals surface area contributed by atoms with Gasteiger partial charge in [-0.3, -0.25) is 9.29 Å². The Bertz CT molecular complexity index is 1700. The molecule has 2 heterocycles. The normalized spacial score (nSPS) is 20.2. The van der Waals surface area contributed by atoms with Crippen LogP contribution in [0.25, 0.3) is 11.1 Å². The molecule has 5 rings (SSSR count). The lowest BCUT2D eigenvalue weighted by Gasteiger charge is -2.40. The summed E-state index contributed by atoms with van der Waals surface area (Å²) < 4.78 is 89.6. The zero-order chi connectivity index (χ0) is 28.8. The molecular formula is C26H25F4N5O4S.